The van der Waals surface area contributed by atoms with Gasteiger partial charge in [-0.25, -0.2) is 9.59 Å². The number of carbonyl (C=O) groups excluding carboxylic acids is 1. The highest BCUT2D eigenvalue weighted by molar-refractivity contribution is 5.94. The van der Waals surface area contributed by atoms with Gasteiger partial charge in [-0.1, -0.05) is 18.2 Å². The predicted octanol–water partition coefficient (Wildman–Crippen LogP) is -1.41. The largest absolute Gasteiger partial charge is 0.508 e. The van der Waals surface area contributed by atoms with Gasteiger partial charge in [-0.15, -0.1) is 0 Å². The average molecular weight is 534 g/mol. The number of rotatable bonds is 6. The number of phenolic OH excluding ortho intramolecular Hbond substituents is 1. The third-order valence-corrected chi connectivity index (χ3v) is 7.21. The molecule has 13 heteroatoms. The smallest absolute Gasteiger partial charge is 0.338 e. The van der Waals surface area contributed by atoms with Crippen LogP contribution in [0.1, 0.15) is 11.7 Å². The number of carboxylic acid groups (broad SMARTS) is 1. The molecule has 0 amide bonds. The number of hydrogen-bond acceptors (Lipinski definition) is 12. The molecule has 0 radical (unpaired) electrons. The van der Waals surface area contributed by atoms with Crippen molar-refractivity contribution in [3.63, 3.8) is 0 Å². The minimum absolute atomic E-state index is 0.0394. The maximum absolute atomic E-state index is 12.9. The molecule has 1 aliphatic carbocycles. The van der Waals surface area contributed by atoms with E-state index in [9.17, 15) is 45.3 Å². The Kier molecular flexibility index (Phi) is 6.77. The summed E-state index contributed by atoms with van der Waals surface area (Å²) in [6, 6.07) is 5.52. The first-order valence-corrected chi connectivity index (χ1v) is 11.7. The van der Waals surface area contributed by atoms with E-state index < -0.39 is 79.1 Å². The number of hydrogen-bond donors (Lipinski definition) is 7. The number of aliphatic hydroxyl groups is 5. The van der Waals surface area contributed by atoms with Gasteiger partial charge in [-0.2, -0.15) is 0 Å². The summed E-state index contributed by atoms with van der Waals surface area (Å²) in [6.07, 6.45) is -5.61. The molecule has 1 fully saturated rings. The SMILES string of the molecule is O=C(O)C1=CO[C@@H](O[C@@H]2O[C@H](CO)[C@@H](O)[C@H](O)[C@H]2O)[C@H]2[C@@H]1C=C[C@@]21C=C([C@H](O)c2ccc(O)cc2)C(=O)O1. The van der Waals surface area contributed by atoms with Crippen LogP contribution in [0.4, 0.5) is 0 Å². The molecule has 10 atom stereocenters. The molecule has 38 heavy (non-hydrogen) atoms. The second-order valence-corrected chi connectivity index (χ2v) is 9.46. The van der Waals surface area contributed by atoms with E-state index in [1.807, 2.05) is 0 Å². The fourth-order valence-corrected chi connectivity index (χ4v) is 5.19. The van der Waals surface area contributed by atoms with E-state index in [2.05, 4.69) is 0 Å². The van der Waals surface area contributed by atoms with Gasteiger partial charge in [0, 0.05) is 5.92 Å². The Balaban J connectivity index is 1.48. The fourth-order valence-electron chi connectivity index (χ4n) is 5.19. The Hall–Kier alpha value is -3.30. The molecule has 1 aromatic rings. The normalized spacial score (nSPS) is 38.7. The topological polar surface area (TPSA) is 213 Å². The second-order valence-electron chi connectivity index (χ2n) is 9.46. The summed E-state index contributed by atoms with van der Waals surface area (Å²) in [5.74, 6) is -4.19. The lowest BCUT2D eigenvalue weighted by Gasteiger charge is -2.44. The Morgan fingerprint density at radius 1 is 1.08 bits per heavy atom. The van der Waals surface area contributed by atoms with Crippen LogP contribution >= 0.6 is 0 Å². The van der Waals surface area contributed by atoms with Crippen LogP contribution in [0.25, 0.3) is 0 Å². The van der Waals surface area contributed by atoms with Crippen LogP contribution in [0.3, 0.4) is 0 Å². The zero-order chi connectivity index (χ0) is 27.4. The van der Waals surface area contributed by atoms with Crippen molar-refractivity contribution in [2.45, 2.75) is 48.7 Å². The van der Waals surface area contributed by atoms with Crippen molar-refractivity contribution < 1.29 is 64.3 Å². The van der Waals surface area contributed by atoms with Gasteiger partial charge in [0.1, 0.15) is 36.3 Å². The predicted molar refractivity (Wildman–Crippen MR) is 122 cm³/mol. The number of esters is 1. The van der Waals surface area contributed by atoms with Crippen LogP contribution in [0, 0.1) is 11.8 Å². The summed E-state index contributed by atoms with van der Waals surface area (Å²) in [4.78, 5) is 24.8. The van der Waals surface area contributed by atoms with Gasteiger partial charge >= 0.3 is 11.9 Å². The quantitative estimate of drug-likeness (QED) is 0.165. The molecule has 1 spiro atoms. The van der Waals surface area contributed by atoms with Crippen molar-refractivity contribution >= 4 is 11.9 Å². The number of aliphatic carboxylic acids is 1. The molecule has 0 unspecified atom stereocenters. The second kappa shape index (κ2) is 9.78. The maximum atomic E-state index is 12.9. The third-order valence-electron chi connectivity index (χ3n) is 7.21. The highest BCUT2D eigenvalue weighted by Gasteiger charge is 2.59. The number of aliphatic hydroxyl groups excluding tert-OH is 5. The van der Waals surface area contributed by atoms with Crippen LogP contribution < -0.4 is 0 Å². The number of carboxylic acids is 1. The first-order valence-electron chi connectivity index (χ1n) is 11.7. The monoisotopic (exact) mass is 534 g/mol. The lowest BCUT2D eigenvalue weighted by atomic mass is 9.78. The highest BCUT2D eigenvalue weighted by atomic mass is 16.8. The summed E-state index contributed by atoms with van der Waals surface area (Å²) in [5.41, 5.74) is -1.64. The minimum Gasteiger partial charge on any atom is -0.508 e. The number of phenols is 1. The van der Waals surface area contributed by atoms with E-state index in [1.165, 1.54) is 42.5 Å². The molecule has 1 aromatic carbocycles. The van der Waals surface area contributed by atoms with Crippen LogP contribution in [0.5, 0.6) is 5.75 Å². The van der Waals surface area contributed by atoms with E-state index >= 15 is 0 Å². The van der Waals surface area contributed by atoms with E-state index in [4.69, 9.17) is 18.9 Å². The molecule has 0 bridgehead atoms. The number of benzene rings is 1. The van der Waals surface area contributed by atoms with Crippen molar-refractivity contribution in [2.75, 3.05) is 6.61 Å². The van der Waals surface area contributed by atoms with E-state index in [-0.39, 0.29) is 16.9 Å². The first kappa shape index (κ1) is 26.3. The number of aromatic hydroxyl groups is 1. The highest BCUT2D eigenvalue weighted by Crippen LogP contribution is 2.51. The van der Waals surface area contributed by atoms with Crippen molar-refractivity contribution in [3.05, 3.63) is 65.5 Å². The Morgan fingerprint density at radius 3 is 2.45 bits per heavy atom. The molecule has 204 valence electrons. The number of allylic oxidation sites excluding steroid dienone is 1. The summed E-state index contributed by atoms with van der Waals surface area (Å²) >= 11 is 0. The summed E-state index contributed by atoms with van der Waals surface area (Å²) in [6.45, 7) is -0.699. The van der Waals surface area contributed by atoms with Crippen molar-refractivity contribution in [2.24, 2.45) is 11.8 Å². The molecular formula is C25H26O13. The maximum Gasteiger partial charge on any atom is 0.338 e. The lowest BCUT2D eigenvalue weighted by Crippen LogP contribution is -2.60. The minimum atomic E-state index is -1.77. The molecule has 1 saturated heterocycles. The van der Waals surface area contributed by atoms with E-state index in [0.717, 1.165) is 6.26 Å². The summed E-state index contributed by atoms with van der Waals surface area (Å²) in [7, 11) is 0. The fraction of sp³-hybridized carbons (Fsp3) is 0.440. The Labute approximate surface area is 215 Å². The number of carbonyl (C=O) groups is 2. The van der Waals surface area contributed by atoms with Gasteiger partial charge in [0.15, 0.2) is 11.9 Å². The standard InChI is InChI=1S/C25H26O13/c26-8-15-18(29)19(30)20(31)24(36-15)37-23-16-12(14(9-35-23)21(32)33)5-6-25(16)7-13(22(34)38-25)17(28)10-1-3-11(27)4-2-10/h1-7,9,12,15-20,23-24,26-31H,8H2,(H,32,33)/t12-,15-,16-,17-,18-,19+,20-,23+,24+,25-/m1/s1. The van der Waals surface area contributed by atoms with Gasteiger partial charge in [0.05, 0.1) is 29.9 Å². The van der Waals surface area contributed by atoms with Gasteiger partial charge in [0.2, 0.25) is 6.29 Å². The van der Waals surface area contributed by atoms with Crippen LogP contribution in [0.15, 0.2) is 59.9 Å². The molecule has 4 aliphatic rings. The third kappa shape index (κ3) is 4.27. The average Bonchev–Trinajstić information content (AvgIpc) is 3.43. The zero-order valence-electron chi connectivity index (χ0n) is 19.6. The number of ether oxygens (including phenoxy) is 4. The lowest BCUT2D eigenvalue weighted by molar-refractivity contribution is -0.344. The zero-order valence-corrected chi connectivity index (χ0v) is 19.6. The first-order chi connectivity index (χ1) is 18.1. The Morgan fingerprint density at radius 2 is 1.79 bits per heavy atom. The molecule has 0 saturated carbocycles. The summed E-state index contributed by atoms with van der Waals surface area (Å²) < 4.78 is 22.4. The molecular weight excluding hydrogens is 508 g/mol. The molecule has 0 aromatic heterocycles. The molecule has 5 rings (SSSR count). The van der Waals surface area contributed by atoms with Gasteiger partial charge in [0.25, 0.3) is 0 Å². The molecule has 13 nitrogen and oxygen atoms in total. The van der Waals surface area contributed by atoms with Gasteiger partial charge in [-0.3, -0.25) is 0 Å². The molecule has 7 N–H and O–H groups in total. The van der Waals surface area contributed by atoms with E-state index in [0.29, 0.717) is 5.56 Å². The number of fused-ring (bicyclic) bond motifs is 2. The van der Waals surface area contributed by atoms with Crippen molar-refractivity contribution in [1.82, 2.24) is 0 Å². The van der Waals surface area contributed by atoms with Crippen LogP contribution in [-0.2, 0) is 28.5 Å². The van der Waals surface area contributed by atoms with Crippen LogP contribution in [0.2, 0.25) is 0 Å². The Bertz CT molecular complexity index is 1190. The van der Waals surface area contributed by atoms with Gasteiger partial charge in [-0.05, 0) is 29.8 Å². The molecule has 3 aliphatic heterocycles. The van der Waals surface area contributed by atoms with Crippen molar-refractivity contribution in [3.8, 4) is 5.75 Å². The molecule has 3 heterocycles. The van der Waals surface area contributed by atoms with E-state index in [1.54, 1.807) is 0 Å². The summed E-state index contributed by atoms with van der Waals surface area (Å²) in [5, 5.41) is 70.1. The van der Waals surface area contributed by atoms with Crippen molar-refractivity contribution in [1.29, 1.82) is 0 Å². The van der Waals surface area contributed by atoms with Gasteiger partial charge < -0.3 is 54.7 Å². The van der Waals surface area contributed by atoms with Crippen LogP contribution in [-0.4, -0.2) is 96.9 Å².